The number of Topliss-reactive ketones (excluding diaryl/α,β-unsaturated/α-hetero) is 1. The predicted octanol–water partition coefficient (Wildman–Crippen LogP) is 3.21. The monoisotopic (exact) mass is 337 g/mol. The number of likely N-dealkylation sites (tertiary alicyclic amines) is 1. The number of hydrogen-bond acceptors (Lipinski definition) is 3. The summed E-state index contributed by atoms with van der Waals surface area (Å²) in [6.45, 7) is 3.12. The van der Waals surface area contributed by atoms with Crippen molar-refractivity contribution in [1.29, 1.82) is 0 Å². The number of nitrogens with zero attached hydrogens (tertiary/aromatic N) is 1. The van der Waals surface area contributed by atoms with Crippen LogP contribution in [0.25, 0.3) is 0 Å². The Labute approximate surface area is 148 Å². The molecule has 2 atom stereocenters. The Morgan fingerprint density at radius 1 is 1.00 bits per heavy atom. The summed E-state index contributed by atoms with van der Waals surface area (Å²) in [5.41, 5.74) is 2.20. The maximum atomic E-state index is 12.3. The molecule has 1 saturated heterocycles. The molecule has 1 aliphatic rings. The topological polar surface area (TPSA) is 46.6 Å². The van der Waals surface area contributed by atoms with Gasteiger partial charge in [-0.3, -0.25) is 9.59 Å². The first-order valence-electron chi connectivity index (χ1n) is 8.63. The minimum Gasteiger partial charge on any atom is -0.377 e. The number of hydrogen-bond donors (Lipinski definition) is 0. The average molecular weight is 337 g/mol. The van der Waals surface area contributed by atoms with Crippen molar-refractivity contribution in [2.75, 3.05) is 6.61 Å². The van der Waals surface area contributed by atoms with Gasteiger partial charge in [0.25, 0.3) is 0 Å². The van der Waals surface area contributed by atoms with Gasteiger partial charge in [0.05, 0.1) is 12.6 Å². The van der Waals surface area contributed by atoms with Crippen molar-refractivity contribution in [3.8, 4) is 0 Å². The SMILES string of the molecule is CC(=O)[C@@H]1C(=O)N(Cc2ccccc2)[C@H]1CCOCc1ccccc1. The maximum Gasteiger partial charge on any atom is 0.235 e. The first-order valence-corrected chi connectivity index (χ1v) is 8.63. The average Bonchev–Trinajstić information content (AvgIpc) is 2.63. The van der Waals surface area contributed by atoms with E-state index in [0.717, 1.165) is 11.1 Å². The van der Waals surface area contributed by atoms with Crippen molar-refractivity contribution >= 4 is 11.7 Å². The number of benzene rings is 2. The Kier molecular flexibility index (Phi) is 5.61. The lowest BCUT2D eigenvalue weighted by molar-refractivity contribution is -0.163. The van der Waals surface area contributed by atoms with Crippen molar-refractivity contribution in [3.63, 3.8) is 0 Å². The highest BCUT2D eigenvalue weighted by Gasteiger charge is 2.49. The van der Waals surface area contributed by atoms with Crippen LogP contribution in [0, 0.1) is 5.92 Å². The molecule has 3 rings (SSSR count). The summed E-state index contributed by atoms with van der Waals surface area (Å²) >= 11 is 0. The van der Waals surface area contributed by atoms with Crippen LogP contribution >= 0.6 is 0 Å². The molecule has 0 spiro atoms. The highest BCUT2D eigenvalue weighted by atomic mass is 16.5. The molecule has 1 aliphatic heterocycles. The van der Waals surface area contributed by atoms with Crippen LogP contribution in [-0.4, -0.2) is 29.2 Å². The minimum atomic E-state index is -0.510. The van der Waals surface area contributed by atoms with Gasteiger partial charge in [0.2, 0.25) is 5.91 Å². The van der Waals surface area contributed by atoms with Crippen LogP contribution in [0.1, 0.15) is 24.5 Å². The van der Waals surface area contributed by atoms with Crippen LogP contribution in [0.2, 0.25) is 0 Å². The highest BCUT2D eigenvalue weighted by Crippen LogP contribution is 2.31. The number of amides is 1. The molecule has 0 aromatic heterocycles. The zero-order valence-corrected chi connectivity index (χ0v) is 14.4. The number of ketones is 1. The zero-order chi connectivity index (χ0) is 17.6. The molecule has 0 N–H and O–H groups in total. The van der Waals surface area contributed by atoms with E-state index in [1.807, 2.05) is 60.7 Å². The summed E-state index contributed by atoms with van der Waals surface area (Å²) < 4.78 is 5.74. The lowest BCUT2D eigenvalue weighted by Crippen LogP contribution is -2.62. The molecule has 1 amide bonds. The molecular formula is C21H23NO3. The summed E-state index contributed by atoms with van der Waals surface area (Å²) in [6.07, 6.45) is 0.676. The molecule has 2 aromatic rings. The molecule has 0 radical (unpaired) electrons. The van der Waals surface area contributed by atoms with Crippen LogP contribution in [0.3, 0.4) is 0 Å². The molecular weight excluding hydrogens is 314 g/mol. The minimum absolute atomic E-state index is 0.0534. The van der Waals surface area contributed by atoms with Crippen molar-refractivity contribution in [1.82, 2.24) is 4.90 Å². The Morgan fingerprint density at radius 3 is 2.20 bits per heavy atom. The molecule has 4 heteroatoms. The van der Waals surface area contributed by atoms with Crippen LogP contribution in [0.4, 0.5) is 0 Å². The van der Waals surface area contributed by atoms with E-state index in [0.29, 0.717) is 26.2 Å². The fraction of sp³-hybridized carbons (Fsp3) is 0.333. The predicted molar refractivity (Wildman–Crippen MR) is 95.7 cm³/mol. The van der Waals surface area contributed by atoms with Gasteiger partial charge in [-0.15, -0.1) is 0 Å². The number of carbonyl (C=O) groups is 2. The van der Waals surface area contributed by atoms with Crippen LogP contribution in [-0.2, 0) is 27.5 Å². The van der Waals surface area contributed by atoms with Crippen molar-refractivity contribution in [2.45, 2.75) is 32.5 Å². The second-order valence-electron chi connectivity index (χ2n) is 6.43. The first kappa shape index (κ1) is 17.4. The number of carbonyl (C=O) groups excluding carboxylic acids is 2. The largest absolute Gasteiger partial charge is 0.377 e. The second kappa shape index (κ2) is 8.08. The Hall–Kier alpha value is -2.46. The third kappa shape index (κ3) is 4.15. The van der Waals surface area contributed by atoms with Gasteiger partial charge in [0.1, 0.15) is 11.7 Å². The maximum absolute atomic E-state index is 12.3. The van der Waals surface area contributed by atoms with Gasteiger partial charge >= 0.3 is 0 Å². The molecule has 0 aliphatic carbocycles. The number of β-lactam (4-membered cyclic amide) rings is 1. The number of rotatable bonds is 8. The molecule has 130 valence electrons. The summed E-state index contributed by atoms with van der Waals surface area (Å²) in [7, 11) is 0. The smallest absolute Gasteiger partial charge is 0.235 e. The molecule has 0 unspecified atom stereocenters. The summed E-state index contributed by atoms with van der Waals surface area (Å²) in [6, 6.07) is 19.8. The first-order chi connectivity index (χ1) is 12.2. The van der Waals surface area contributed by atoms with Gasteiger partial charge in [-0.2, -0.15) is 0 Å². The normalized spacial score (nSPS) is 19.6. The second-order valence-corrected chi connectivity index (χ2v) is 6.43. The standard InChI is InChI=1S/C21H23NO3/c1-16(23)20-19(12-13-25-15-18-10-6-3-7-11-18)22(21(20)24)14-17-8-4-2-5-9-17/h2-11,19-20H,12-15H2,1H3/t19-,20-/m0/s1. The lowest BCUT2D eigenvalue weighted by Gasteiger charge is -2.46. The Morgan fingerprint density at radius 2 is 1.60 bits per heavy atom. The molecule has 0 saturated carbocycles. The van der Waals surface area contributed by atoms with Gasteiger partial charge in [-0.1, -0.05) is 60.7 Å². The van der Waals surface area contributed by atoms with Crippen molar-refractivity contribution in [2.24, 2.45) is 5.92 Å². The Balaban J connectivity index is 1.55. The Bertz CT molecular complexity index is 714. The highest BCUT2D eigenvalue weighted by molar-refractivity contribution is 6.05. The summed E-state index contributed by atoms with van der Waals surface area (Å²) in [5, 5.41) is 0. The molecule has 1 fully saturated rings. The van der Waals surface area contributed by atoms with Gasteiger partial charge < -0.3 is 9.64 Å². The van der Waals surface area contributed by atoms with Gasteiger partial charge in [0.15, 0.2) is 0 Å². The molecule has 1 heterocycles. The fourth-order valence-corrected chi connectivity index (χ4v) is 3.32. The van der Waals surface area contributed by atoms with E-state index in [2.05, 4.69) is 0 Å². The van der Waals surface area contributed by atoms with Crippen molar-refractivity contribution < 1.29 is 14.3 Å². The van der Waals surface area contributed by atoms with E-state index in [-0.39, 0.29) is 17.7 Å². The third-order valence-electron chi connectivity index (χ3n) is 4.64. The van der Waals surface area contributed by atoms with E-state index < -0.39 is 5.92 Å². The van der Waals surface area contributed by atoms with E-state index >= 15 is 0 Å². The van der Waals surface area contributed by atoms with E-state index in [1.54, 1.807) is 4.90 Å². The van der Waals surface area contributed by atoms with Gasteiger partial charge in [-0.05, 0) is 24.5 Å². The lowest BCUT2D eigenvalue weighted by atomic mass is 9.82. The van der Waals surface area contributed by atoms with E-state index in [1.165, 1.54) is 6.92 Å². The zero-order valence-electron chi connectivity index (χ0n) is 14.4. The fourth-order valence-electron chi connectivity index (χ4n) is 3.32. The quantitative estimate of drug-likeness (QED) is 0.422. The van der Waals surface area contributed by atoms with E-state index in [9.17, 15) is 9.59 Å². The molecule has 2 aromatic carbocycles. The van der Waals surface area contributed by atoms with Crippen LogP contribution in [0.15, 0.2) is 60.7 Å². The third-order valence-corrected chi connectivity index (χ3v) is 4.64. The molecule has 25 heavy (non-hydrogen) atoms. The van der Waals surface area contributed by atoms with Gasteiger partial charge in [0, 0.05) is 13.2 Å². The van der Waals surface area contributed by atoms with Crippen LogP contribution < -0.4 is 0 Å². The molecule has 0 bridgehead atoms. The van der Waals surface area contributed by atoms with Gasteiger partial charge in [-0.25, -0.2) is 0 Å². The molecule has 4 nitrogen and oxygen atoms in total. The summed E-state index contributed by atoms with van der Waals surface area (Å²) in [5.74, 6) is -0.629. The number of ether oxygens (including phenoxy) is 1. The van der Waals surface area contributed by atoms with Crippen molar-refractivity contribution in [3.05, 3.63) is 71.8 Å². The van der Waals surface area contributed by atoms with E-state index in [4.69, 9.17) is 4.74 Å². The van der Waals surface area contributed by atoms with Crippen LogP contribution in [0.5, 0.6) is 0 Å². The summed E-state index contributed by atoms with van der Waals surface area (Å²) in [4.78, 5) is 25.9.